The van der Waals surface area contributed by atoms with Gasteiger partial charge in [-0.2, -0.15) is 0 Å². The monoisotopic (exact) mass is 410 g/mol. The van der Waals surface area contributed by atoms with Crippen molar-refractivity contribution in [2.24, 2.45) is 4.99 Å². The molecule has 8 nitrogen and oxygen atoms in total. The topological polar surface area (TPSA) is 82.1 Å². The minimum absolute atomic E-state index is 0.0565. The third-order valence-corrected chi connectivity index (χ3v) is 5.74. The van der Waals surface area contributed by atoms with E-state index in [0.29, 0.717) is 19.7 Å². The molecule has 0 saturated carbocycles. The Morgan fingerprint density at radius 2 is 2.07 bits per heavy atom. The van der Waals surface area contributed by atoms with Crippen LogP contribution in [0.15, 0.2) is 11.2 Å². The van der Waals surface area contributed by atoms with Crippen LogP contribution in [0.5, 0.6) is 0 Å². The summed E-state index contributed by atoms with van der Waals surface area (Å²) in [6.45, 7) is 10.8. The van der Waals surface area contributed by atoms with E-state index in [-0.39, 0.29) is 5.91 Å². The maximum Gasteiger partial charge on any atom is 0.234 e. The maximum atomic E-state index is 11.9. The summed E-state index contributed by atoms with van der Waals surface area (Å²) >= 11 is 1.78. The summed E-state index contributed by atoms with van der Waals surface area (Å²) in [5, 5.41) is 7.42. The summed E-state index contributed by atoms with van der Waals surface area (Å²) < 4.78 is 4.95. The van der Waals surface area contributed by atoms with Crippen molar-refractivity contribution >= 4 is 23.2 Å². The molecule has 1 aromatic heterocycles. The van der Waals surface area contributed by atoms with Crippen LogP contribution in [0, 0.1) is 0 Å². The molecular formula is C19H34N6O2S. The molecule has 2 heterocycles. The molecule has 0 radical (unpaired) electrons. The number of guanidine groups is 1. The second-order valence-corrected chi connectivity index (χ2v) is 7.87. The van der Waals surface area contributed by atoms with Crippen LogP contribution in [0.3, 0.4) is 0 Å². The van der Waals surface area contributed by atoms with Gasteiger partial charge in [-0.25, -0.2) is 4.98 Å². The number of hydrogen-bond donors (Lipinski definition) is 2. The van der Waals surface area contributed by atoms with Gasteiger partial charge in [-0.3, -0.25) is 14.7 Å². The molecule has 28 heavy (non-hydrogen) atoms. The molecule has 1 aromatic rings. The zero-order chi connectivity index (χ0) is 20.2. The number of ether oxygens (including phenoxy) is 1. The van der Waals surface area contributed by atoms with Gasteiger partial charge < -0.3 is 20.3 Å². The van der Waals surface area contributed by atoms with E-state index < -0.39 is 0 Å². The predicted molar refractivity (Wildman–Crippen MR) is 114 cm³/mol. The number of thiazole rings is 1. The molecule has 1 aliphatic rings. The van der Waals surface area contributed by atoms with Gasteiger partial charge in [-0.1, -0.05) is 6.92 Å². The average molecular weight is 411 g/mol. The molecule has 0 bridgehead atoms. The van der Waals surface area contributed by atoms with Gasteiger partial charge in [0.1, 0.15) is 0 Å². The lowest BCUT2D eigenvalue weighted by molar-refractivity contribution is -0.122. The van der Waals surface area contributed by atoms with Gasteiger partial charge in [-0.15, -0.1) is 11.3 Å². The van der Waals surface area contributed by atoms with Crippen LogP contribution >= 0.6 is 11.3 Å². The van der Waals surface area contributed by atoms with Crippen LogP contribution in [-0.4, -0.2) is 92.7 Å². The smallest absolute Gasteiger partial charge is 0.234 e. The Bertz CT molecular complexity index is 613. The number of hydrogen-bond acceptors (Lipinski definition) is 6. The van der Waals surface area contributed by atoms with Crippen LogP contribution < -0.4 is 10.6 Å². The summed E-state index contributed by atoms with van der Waals surface area (Å²) in [5.41, 5.74) is 0. The van der Waals surface area contributed by atoms with Crippen molar-refractivity contribution < 1.29 is 9.53 Å². The highest BCUT2D eigenvalue weighted by Gasteiger charge is 2.21. The Morgan fingerprint density at radius 3 is 2.71 bits per heavy atom. The van der Waals surface area contributed by atoms with Gasteiger partial charge >= 0.3 is 0 Å². The Hall–Kier alpha value is -1.71. The number of aliphatic imine (C=N–C) groups is 1. The van der Waals surface area contributed by atoms with Crippen molar-refractivity contribution in [1.29, 1.82) is 0 Å². The number of piperazine rings is 1. The maximum absolute atomic E-state index is 11.9. The van der Waals surface area contributed by atoms with Crippen LogP contribution in [-0.2, 0) is 22.4 Å². The Balaban J connectivity index is 1.77. The first kappa shape index (κ1) is 22.6. The quantitative estimate of drug-likeness (QED) is 0.334. The Kier molecular flexibility index (Phi) is 10.2. The lowest BCUT2D eigenvalue weighted by Gasteiger charge is -2.36. The molecule has 0 spiro atoms. The van der Waals surface area contributed by atoms with E-state index in [1.54, 1.807) is 18.4 Å². The summed E-state index contributed by atoms with van der Waals surface area (Å²) in [4.78, 5) is 27.0. The summed E-state index contributed by atoms with van der Waals surface area (Å²) in [6.07, 6.45) is 3.89. The van der Waals surface area contributed by atoms with E-state index >= 15 is 0 Å². The van der Waals surface area contributed by atoms with E-state index in [4.69, 9.17) is 9.73 Å². The van der Waals surface area contributed by atoms with Crippen molar-refractivity contribution in [3.63, 3.8) is 0 Å². The van der Waals surface area contributed by atoms with Crippen LogP contribution in [0.4, 0.5) is 0 Å². The summed E-state index contributed by atoms with van der Waals surface area (Å²) in [5.74, 6) is 1.01. The van der Waals surface area contributed by atoms with E-state index in [9.17, 15) is 4.79 Å². The molecule has 0 unspecified atom stereocenters. The fourth-order valence-corrected chi connectivity index (χ4v) is 3.83. The van der Waals surface area contributed by atoms with E-state index in [1.165, 1.54) is 4.88 Å². The Morgan fingerprint density at radius 1 is 1.29 bits per heavy atom. The SMILES string of the molecule is CCNC(=NCCc1ncc(CC)s1)N1CCN(CC(=O)NCCOC)CC1. The number of rotatable bonds is 10. The van der Waals surface area contributed by atoms with Crippen LogP contribution in [0.1, 0.15) is 23.7 Å². The predicted octanol–water partition coefficient (Wildman–Crippen LogP) is 0.594. The van der Waals surface area contributed by atoms with E-state index in [0.717, 1.165) is 63.1 Å². The molecule has 158 valence electrons. The van der Waals surface area contributed by atoms with Gasteiger partial charge in [0.2, 0.25) is 5.91 Å². The average Bonchev–Trinajstić information content (AvgIpc) is 3.16. The number of carbonyl (C=O) groups is 1. The highest BCUT2D eigenvalue weighted by Crippen LogP contribution is 2.13. The van der Waals surface area contributed by atoms with Crippen molar-refractivity contribution in [2.75, 3.05) is 66.1 Å². The highest BCUT2D eigenvalue weighted by molar-refractivity contribution is 7.11. The van der Waals surface area contributed by atoms with Gasteiger partial charge in [0.25, 0.3) is 0 Å². The lowest BCUT2D eigenvalue weighted by atomic mass is 10.3. The normalized spacial score (nSPS) is 15.7. The lowest BCUT2D eigenvalue weighted by Crippen LogP contribution is -2.54. The molecule has 1 saturated heterocycles. The van der Waals surface area contributed by atoms with Gasteiger partial charge in [0.15, 0.2) is 5.96 Å². The number of carbonyl (C=O) groups excluding carboxylic acids is 1. The van der Waals surface area contributed by atoms with E-state index in [1.807, 2.05) is 6.20 Å². The van der Waals surface area contributed by atoms with Crippen molar-refractivity contribution in [3.05, 3.63) is 16.1 Å². The number of nitrogens with one attached hydrogen (secondary N) is 2. The second kappa shape index (κ2) is 12.7. The highest BCUT2D eigenvalue weighted by atomic mass is 32.1. The first-order valence-electron chi connectivity index (χ1n) is 10.1. The first-order chi connectivity index (χ1) is 13.7. The van der Waals surface area contributed by atoms with Gasteiger partial charge in [0, 0.05) is 70.4 Å². The van der Waals surface area contributed by atoms with Crippen LogP contribution in [0.2, 0.25) is 0 Å². The molecule has 1 aliphatic heterocycles. The molecule has 2 rings (SSSR count). The third kappa shape index (κ3) is 7.73. The van der Waals surface area contributed by atoms with E-state index in [2.05, 4.69) is 39.3 Å². The molecule has 1 fully saturated rings. The standard InChI is InChI=1S/C19H34N6O2S/c1-4-16-14-23-18(28-16)6-7-22-19(20-5-2)25-11-9-24(10-12-25)15-17(26)21-8-13-27-3/h14H,4-13,15H2,1-3H3,(H,20,22)(H,21,26). The van der Waals surface area contributed by atoms with Gasteiger partial charge in [0.05, 0.1) is 18.2 Å². The van der Waals surface area contributed by atoms with Gasteiger partial charge in [-0.05, 0) is 13.3 Å². The van der Waals surface area contributed by atoms with Crippen LogP contribution in [0.25, 0.3) is 0 Å². The third-order valence-electron chi connectivity index (χ3n) is 4.54. The number of aromatic nitrogens is 1. The molecule has 0 aromatic carbocycles. The second-order valence-electron chi connectivity index (χ2n) is 6.67. The van der Waals surface area contributed by atoms with Crippen molar-refractivity contribution in [3.8, 4) is 0 Å². The fraction of sp³-hybridized carbons (Fsp3) is 0.737. The molecule has 0 aliphatic carbocycles. The molecule has 1 amide bonds. The fourth-order valence-electron chi connectivity index (χ4n) is 2.98. The molecule has 9 heteroatoms. The summed E-state index contributed by atoms with van der Waals surface area (Å²) in [7, 11) is 1.63. The zero-order valence-electron chi connectivity index (χ0n) is 17.4. The minimum Gasteiger partial charge on any atom is -0.383 e. The minimum atomic E-state index is 0.0565. The summed E-state index contributed by atoms with van der Waals surface area (Å²) in [6, 6.07) is 0. The molecule has 0 atom stereocenters. The first-order valence-corrected chi connectivity index (χ1v) is 10.9. The number of nitrogens with zero attached hydrogens (tertiary/aromatic N) is 4. The van der Waals surface area contributed by atoms with Crippen molar-refractivity contribution in [1.82, 2.24) is 25.4 Å². The number of amides is 1. The number of methoxy groups -OCH3 is 1. The zero-order valence-corrected chi connectivity index (χ0v) is 18.2. The molecular weight excluding hydrogens is 376 g/mol. The largest absolute Gasteiger partial charge is 0.383 e. The van der Waals surface area contributed by atoms with Crippen molar-refractivity contribution in [2.45, 2.75) is 26.7 Å². The molecule has 2 N–H and O–H groups in total. The Labute approximate surface area is 172 Å². The number of aryl methyl sites for hydroxylation is 1.